The number of carbonyl (C=O) groups is 1. The maximum absolute atomic E-state index is 13.4. The van der Waals surface area contributed by atoms with Gasteiger partial charge in [0.2, 0.25) is 5.91 Å². The van der Waals surface area contributed by atoms with E-state index in [0.29, 0.717) is 24.4 Å². The van der Waals surface area contributed by atoms with E-state index in [-0.39, 0.29) is 5.91 Å². The molecule has 0 bridgehead atoms. The van der Waals surface area contributed by atoms with Gasteiger partial charge in [0.25, 0.3) is 0 Å². The van der Waals surface area contributed by atoms with Crippen molar-refractivity contribution in [2.75, 3.05) is 0 Å². The van der Waals surface area contributed by atoms with Crippen LogP contribution >= 0.6 is 0 Å². The minimum atomic E-state index is -1.62. The summed E-state index contributed by atoms with van der Waals surface area (Å²) in [5.74, 6) is 0.0700. The van der Waals surface area contributed by atoms with Crippen molar-refractivity contribution in [3.05, 3.63) is 125 Å². The van der Waals surface area contributed by atoms with E-state index in [1.54, 1.807) is 18.3 Å². The lowest BCUT2D eigenvalue weighted by atomic mass is 10.0. The molecule has 180 valence electrons. The van der Waals surface area contributed by atoms with Gasteiger partial charge in [-0.3, -0.25) is 4.79 Å². The van der Waals surface area contributed by atoms with Crippen molar-refractivity contribution in [3.8, 4) is 17.3 Å². The fourth-order valence-electron chi connectivity index (χ4n) is 4.09. The second kappa shape index (κ2) is 12.0. The zero-order chi connectivity index (χ0) is 25.3. The second-order valence-electron chi connectivity index (χ2n) is 8.51. The van der Waals surface area contributed by atoms with Gasteiger partial charge in [-0.25, -0.2) is 8.93 Å². The van der Waals surface area contributed by atoms with Gasteiger partial charge in [-0.2, -0.15) is 5.26 Å². The molecular weight excluding hydrogens is 466 g/mol. The lowest BCUT2D eigenvalue weighted by Gasteiger charge is -2.24. The highest BCUT2D eigenvalue weighted by Crippen LogP contribution is 2.26. The van der Waals surface area contributed by atoms with Gasteiger partial charge in [0.05, 0.1) is 11.3 Å². The van der Waals surface area contributed by atoms with Crippen molar-refractivity contribution < 1.29 is 9.00 Å². The third-order valence-electron chi connectivity index (χ3n) is 6.04. The molecule has 6 heteroatoms. The van der Waals surface area contributed by atoms with Crippen molar-refractivity contribution in [3.63, 3.8) is 0 Å². The summed E-state index contributed by atoms with van der Waals surface area (Å²) in [7, 11) is -1.62. The Morgan fingerprint density at radius 2 is 1.44 bits per heavy atom. The monoisotopic (exact) mass is 493 g/mol. The molecule has 4 aromatic rings. The average molecular weight is 494 g/mol. The third-order valence-corrected chi connectivity index (χ3v) is 7.07. The van der Waals surface area contributed by atoms with E-state index < -0.39 is 11.0 Å². The molecule has 0 aromatic heterocycles. The summed E-state index contributed by atoms with van der Waals surface area (Å²) in [6.45, 7) is 3.03. The predicted octanol–water partition coefficient (Wildman–Crippen LogP) is 5.53. The summed E-state index contributed by atoms with van der Waals surface area (Å²) < 4.78 is 14.7. The Bertz CT molecular complexity index is 1400. The van der Waals surface area contributed by atoms with Crippen LogP contribution < -0.4 is 4.72 Å². The van der Waals surface area contributed by atoms with Gasteiger partial charge in [0.1, 0.15) is 0 Å². The number of amides is 1. The molecule has 4 rings (SSSR count). The molecule has 0 aliphatic rings. The molecule has 5 nitrogen and oxygen atoms in total. The first-order valence-corrected chi connectivity index (χ1v) is 12.8. The standard InChI is InChI=1S/C30H27N3O2S/c1-23-9-5-6-12-27(23)19-30(34)33(20-24-10-3-2-4-11-24)21-25-15-17-26(18-16-25)28-13-7-8-14-29(28)36(35)32-22-31/h2-18,32H,19-21H2,1H3. The number of carbonyl (C=O) groups excluding carboxylic acids is 1. The predicted molar refractivity (Wildman–Crippen MR) is 143 cm³/mol. The van der Waals surface area contributed by atoms with Crippen molar-refractivity contribution in [1.82, 2.24) is 9.62 Å². The molecule has 0 radical (unpaired) electrons. The molecule has 1 N–H and O–H groups in total. The Balaban J connectivity index is 1.57. The van der Waals surface area contributed by atoms with Crippen molar-refractivity contribution in [1.29, 1.82) is 5.26 Å². The van der Waals surface area contributed by atoms with E-state index in [1.165, 1.54) is 0 Å². The Labute approximate surface area is 214 Å². The van der Waals surface area contributed by atoms with E-state index in [2.05, 4.69) is 4.72 Å². The number of rotatable bonds is 9. The van der Waals surface area contributed by atoms with E-state index in [0.717, 1.165) is 33.4 Å². The maximum Gasteiger partial charge on any atom is 0.227 e. The van der Waals surface area contributed by atoms with Gasteiger partial charge in [-0.1, -0.05) is 97.1 Å². The lowest BCUT2D eigenvalue weighted by molar-refractivity contribution is -0.131. The number of hydrogen-bond acceptors (Lipinski definition) is 3. The molecule has 0 fully saturated rings. The van der Waals surface area contributed by atoms with Gasteiger partial charge >= 0.3 is 0 Å². The summed E-state index contributed by atoms with van der Waals surface area (Å²) in [6.07, 6.45) is 2.09. The van der Waals surface area contributed by atoms with Crippen LogP contribution in [0.1, 0.15) is 22.3 Å². The van der Waals surface area contributed by atoms with Crippen LogP contribution in [-0.2, 0) is 35.3 Å². The largest absolute Gasteiger partial charge is 0.334 e. The quantitative estimate of drug-likeness (QED) is 0.246. The minimum absolute atomic E-state index is 0.0700. The Morgan fingerprint density at radius 1 is 0.833 bits per heavy atom. The molecular formula is C30H27N3O2S. The smallest absolute Gasteiger partial charge is 0.227 e. The highest BCUT2D eigenvalue weighted by Gasteiger charge is 2.17. The number of aryl methyl sites for hydroxylation is 1. The zero-order valence-electron chi connectivity index (χ0n) is 20.1. The van der Waals surface area contributed by atoms with Crippen LogP contribution in [-0.4, -0.2) is 15.0 Å². The zero-order valence-corrected chi connectivity index (χ0v) is 20.9. The summed E-state index contributed by atoms with van der Waals surface area (Å²) in [6, 6.07) is 33.2. The fourth-order valence-corrected chi connectivity index (χ4v) is 4.87. The molecule has 1 atom stereocenters. The molecule has 1 amide bonds. The van der Waals surface area contributed by atoms with Gasteiger partial charge in [-0.05, 0) is 46.4 Å². The maximum atomic E-state index is 13.4. The fraction of sp³-hybridized carbons (Fsp3) is 0.133. The Morgan fingerprint density at radius 3 is 2.14 bits per heavy atom. The SMILES string of the molecule is Cc1ccccc1CC(=O)N(Cc1ccccc1)Cc1ccc(-c2ccccc2S(=O)NC#N)cc1. The number of nitrogens with one attached hydrogen (secondary N) is 1. The minimum Gasteiger partial charge on any atom is -0.334 e. The molecule has 0 aliphatic heterocycles. The average Bonchev–Trinajstić information content (AvgIpc) is 2.91. The molecule has 36 heavy (non-hydrogen) atoms. The van der Waals surface area contributed by atoms with Gasteiger partial charge in [0.15, 0.2) is 17.2 Å². The van der Waals surface area contributed by atoms with Gasteiger partial charge in [-0.15, -0.1) is 0 Å². The topological polar surface area (TPSA) is 73.2 Å². The van der Waals surface area contributed by atoms with Crippen LogP contribution in [0.25, 0.3) is 11.1 Å². The third kappa shape index (κ3) is 6.26. The van der Waals surface area contributed by atoms with Crippen molar-refractivity contribution in [2.24, 2.45) is 0 Å². The van der Waals surface area contributed by atoms with Crippen LogP contribution in [0.3, 0.4) is 0 Å². The number of benzene rings is 4. The normalized spacial score (nSPS) is 11.3. The van der Waals surface area contributed by atoms with Crippen molar-refractivity contribution >= 4 is 16.9 Å². The molecule has 0 spiro atoms. The summed E-state index contributed by atoms with van der Waals surface area (Å²) in [5.41, 5.74) is 5.91. The van der Waals surface area contributed by atoms with Gasteiger partial charge in [0, 0.05) is 13.1 Å². The van der Waals surface area contributed by atoms with Crippen molar-refractivity contribution in [2.45, 2.75) is 31.3 Å². The highest BCUT2D eigenvalue weighted by molar-refractivity contribution is 7.83. The number of nitriles is 1. The summed E-state index contributed by atoms with van der Waals surface area (Å²) >= 11 is 0. The molecule has 0 saturated heterocycles. The Hall–Kier alpha value is -4.21. The first kappa shape index (κ1) is 24.9. The van der Waals surface area contributed by atoms with Crippen LogP contribution in [0, 0.1) is 18.4 Å². The van der Waals surface area contributed by atoms with Crippen LogP contribution in [0.5, 0.6) is 0 Å². The summed E-state index contributed by atoms with van der Waals surface area (Å²) in [4.78, 5) is 15.8. The molecule has 4 aromatic carbocycles. The van der Waals surface area contributed by atoms with Crippen LogP contribution in [0.4, 0.5) is 0 Å². The number of hydrogen-bond donors (Lipinski definition) is 1. The molecule has 0 aliphatic carbocycles. The Kier molecular flexibility index (Phi) is 8.28. The molecule has 0 saturated carbocycles. The van der Waals surface area contributed by atoms with E-state index in [9.17, 15) is 9.00 Å². The van der Waals surface area contributed by atoms with E-state index in [1.807, 2.05) is 103 Å². The van der Waals surface area contributed by atoms with Crippen LogP contribution in [0.2, 0.25) is 0 Å². The van der Waals surface area contributed by atoms with E-state index >= 15 is 0 Å². The first-order valence-electron chi connectivity index (χ1n) is 11.7. The highest BCUT2D eigenvalue weighted by atomic mass is 32.2. The second-order valence-corrected chi connectivity index (χ2v) is 9.70. The van der Waals surface area contributed by atoms with Crippen LogP contribution in [0.15, 0.2) is 108 Å². The lowest BCUT2D eigenvalue weighted by Crippen LogP contribution is -2.31. The molecule has 0 heterocycles. The molecule has 1 unspecified atom stereocenters. The first-order chi connectivity index (χ1) is 17.5. The van der Waals surface area contributed by atoms with Gasteiger partial charge < -0.3 is 4.90 Å². The summed E-state index contributed by atoms with van der Waals surface area (Å²) in [5, 5.41) is 8.85. The number of nitrogens with zero attached hydrogens (tertiary/aromatic N) is 2. The van der Waals surface area contributed by atoms with E-state index in [4.69, 9.17) is 5.26 Å².